The van der Waals surface area contributed by atoms with Gasteiger partial charge >= 0.3 is 6.03 Å². The molecular weight excluding hydrogens is 476 g/mol. The van der Waals surface area contributed by atoms with Crippen molar-refractivity contribution in [1.82, 2.24) is 14.6 Å². The standard InChI is InChI=1S/C24H27F2N5O3S/c25-18-13-15-7-1-2-8-16(15)20(26)17(18)14-34-22-19(21(27)32)23(35-30-22)29-24(33)28-9-3-4-10-31-11-5-6-12-31/h1-2,7-8,13H,3-6,9-12,14H2,(H2,27,32)(H2,28,29,33). The van der Waals surface area contributed by atoms with Crippen LogP contribution in [0.25, 0.3) is 10.8 Å². The molecule has 0 saturated carbocycles. The minimum absolute atomic E-state index is 0.0986. The molecule has 2 aromatic carbocycles. The zero-order chi connectivity index (χ0) is 24.8. The number of benzene rings is 2. The number of anilines is 1. The molecule has 1 saturated heterocycles. The summed E-state index contributed by atoms with van der Waals surface area (Å²) in [5, 5.41) is 6.07. The molecule has 3 amide bonds. The first-order chi connectivity index (χ1) is 16.9. The fraction of sp³-hybridized carbons (Fsp3) is 0.375. The van der Waals surface area contributed by atoms with Gasteiger partial charge in [0.05, 0.1) is 5.56 Å². The van der Waals surface area contributed by atoms with Gasteiger partial charge in [-0.15, -0.1) is 0 Å². The number of hydrogen-bond donors (Lipinski definition) is 3. The van der Waals surface area contributed by atoms with E-state index < -0.39 is 30.2 Å². The molecule has 0 spiro atoms. The first-order valence-electron chi connectivity index (χ1n) is 11.5. The van der Waals surface area contributed by atoms with E-state index in [9.17, 15) is 18.4 Å². The van der Waals surface area contributed by atoms with Gasteiger partial charge in [-0.3, -0.25) is 10.1 Å². The Morgan fingerprint density at radius 1 is 1.17 bits per heavy atom. The van der Waals surface area contributed by atoms with E-state index in [2.05, 4.69) is 19.9 Å². The normalized spacial score (nSPS) is 13.8. The van der Waals surface area contributed by atoms with E-state index in [1.807, 2.05) is 0 Å². The van der Waals surface area contributed by atoms with Crippen molar-refractivity contribution < 1.29 is 23.1 Å². The number of amides is 3. The van der Waals surface area contributed by atoms with Crippen molar-refractivity contribution in [2.75, 3.05) is 31.5 Å². The van der Waals surface area contributed by atoms with Gasteiger partial charge in [-0.25, -0.2) is 13.6 Å². The third-order valence-electron chi connectivity index (χ3n) is 5.91. The summed E-state index contributed by atoms with van der Waals surface area (Å²) in [5.41, 5.74) is 5.01. The number of aromatic nitrogens is 1. The molecule has 4 N–H and O–H groups in total. The number of hydrogen-bond acceptors (Lipinski definition) is 6. The summed E-state index contributed by atoms with van der Waals surface area (Å²) in [7, 11) is 0. The molecule has 1 aliphatic rings. The topological polar surface area (TPSA) is 110 Å². The van der Waals surface area contributed by atoms with Crippen molar-refractivity contribution in [1.29, 1.82) is 0 Å². The largest absolute Gasteiger partial charge is 0.471 e. The molecule has 1 aliphatic heterocycles. The number of carbonyl (C=O) groups is 2. The van der Waals surface area contributed by atoms with Crippen LogP contribution in [0.4, 0.5) is 18.6 Å². The summed E-state index contributed by atoms with van der Waals surface area (Å²) in [6.07, 6.45) is 4.30. The number of unbranched alkanes of at least 4 members (excludes halogenated alkanes) is 1. The Morgan fingerprint density at radius 3 is 2.71 bits per heavy atom. The molecule has 1 aromatic heterocycles. The summed E-state index contributed by atoms with van der Waals surface area (Å²) in [6.45, 7) is 3.27. The van der Waals surface area contributed by atoms with Crippen LogP contribution in [0, 0.1) is 11.6 Å². The Morgan fingerprint density at radius 2 is 1.94 bits per heavy atom. The van der Waals surface area contributed by atoms with Crippen molar-refractivity contribution in [3.63, 3.8) is 0 Å². The van der Waals surface area contributed by atoms with E-state index in [0.717, 1.165) is 44.0 Å². The zero-order valence-electron chi connectivity index (χ0n) is 19.1. The molecule has 0 atom stereocenters. The summed E-state index contributed by atoms with van der Waals surface area (Å²) in [5.74, 6) is -2.61. The van der Waals surface area contributed by atoms with E-state index in [4.69, 9.17) is 10.5 Å². The van der Waals surface area contributed by atoms with E-state index in [0.29, 0.717) is 11.9 Å². The van der Waals surface area contributed by atoms with Gasteiger partial charge in [0.2, 0.25) is 5.88 Å². The highest BCUT2D eigenvalue weighted by Crippen LogP contribution is 2.32. The molecule has 35 heavy (non-hydrogen) atoms. The van der Waals surface area contributed by atoms with Gasteiger partial charge in [0, 0.05) is 11.9 Å². The molecule has 2 heterocycles. The van der Waals surface area contributed by atoms with Crippen molar-refractivity contribution in [2.45, 2.75) is 32.3 Å². The van der Waals surface area contributed by atoms with Crippen molar-refractivity contribution in [3.8, 4) is 5.88 Å². The Bertz CT molecular complexity index is 1210. The lowest BCUT2D eigenvalue weighted by Gasteiger charge is -2.14. The Balaban J connectivity index is 1.35. The highest BCUT2D eigenvalue weighted by molar-refractivity contribution is 7.11. The molecule has 0 aliphatic carbocycles. The van der Waals surface area contributed by atoms with Crippen LogP contribution in [0.2, 0.25) is 0 Å². The van der Waals surface area contributed by atoms with E-state index in [1.54, 1.807) is 24.3 Å². The molecule has 4 rings (SSSR count). The summed E-state index contributed by atoms with van der Waals surface area (Å²) in [6, 6.07) is 7.19. The summed E-state index contributed by atoms with van der Waals surface area (Å²) >= 11 is 0.798. The van der Waals surface area contributed by atoms with Crippen LogP contribution in [-0.2, 0) is 6.61 Å². The summed E-state index contributed by atoms with van der Waals surface area (Å²) in [4.78, 5) is 26.7. The smallest absolute Gasteiger partial charge is 0.319 e. The number of nitrogens with two attached hydrogens (primary N) is 1. The quantitative estimate of drug-likeness (QED) is 0.359. The average Bonchev–Trinajstić information content (AvgIpc) is 3.49. The minimum Gasteiger partial charge on any atom is -0.471 e. The maximum atomic E-state index is 14.8. The average molecular weight is 504 g/mol. The third-order valence-corrected chi connectivity index (χ3v) is 6.65. The van der Waals surface area contributed by atoms with Crippen molar-refractivity contribution in [2.24, 2.45) is 5.73 Å². The maximum Gasteiger partial charge on any atom is 0.319 e. The molecule has 1 fully saturated rings. The van der Waals surface area contributed by atoms with Gasteiger partial charge in [0.15, 0.2) is 0 Å². The molecule has 0 radical (unpaired) electrons. The van der Waals surface area contributed by atoms with Gasteiger partial charge in [0.1, 0.15) is 28.8 Å². The number of halogens is 2. The molecule has 186 valence electrons. The number of nitrogens with one attached hydrogen (secondary N) is 2. The lowest BCUT2D eigenvalue weighted by molar-refractivity contribution is 0.0996. The van der Waals surface area contributed by atoms with Gasteiger partial charge in [-0.05, 0) is 68.3 Å². The number of fused-ring (bicyclic) bond motifs is 1. The molecule has 0 bridgehead atoms. The maximum absolute atomic E-state index is 14.8. The van der Waals surface area contributed by atoms with Crippen molar-refractivity contribution >= 4 is 39.2 Å². The fourth-order valence-electron chi connectivity index (χ4n) is 4.08. The molecule has 8 nitrogen and oxygen atoms in total. The molecule has 3 aromatic rings. The van der Waals surface area contributed by atoms with Crippen molar-refractivity contribution in [3.05, 3.63) is 53.1 Å². The van der Waals surface area contributed by atoms with E-state index in [1.165, 1.54) is 18.9 Å². The Kier molecular flexibility index (Phi) is 8.09. The van der Waals surface area contributed by atoms with Gasteiger partial charge < -0.3 is 20.7 Å². The second kappa shape index (κ2) is 11.4. The predicted octanol–water partition coefficient (Wildman–Crippen LogP) is 4.25. The minimum atomic E-state index is -0.880. The van der Waals surface area contributed by atoms with Crippen LogP contribution in [0.15, 0.2) is 30.3 Å². The van der Waals surface area contributed by atoms with Crippen LogP contribution < -0.4 is 21.1 Å². The first-order valence-corrected chi connectivity index (χ1v) is 12.3. The van der Waals surface area contributed by atoms with Gasteiger partial charge in [-0.1, -0.05) is 24.3 Å². The van der Waals surface area contributed by atoms with Gasteiger partial charge in [-0.2, -0.15) is 4.37 Å². The number of ether oxygens (including phenoxy) is 1. The monoisotopic (exact) mass is 503 g/mol. The number of urea groups is 1. The summed E-state index contributed by atoms with van der Waals surface area (Å²) < 4.78 is 38.8. The first kappa shape index (κ1) is 24.8. The predicted molar refractivity (Wildman–Crippen MR) is 131 cm³/mol. The fourth-order valence-corrected chi connectivity index (χ4v) is 4.81. The SMILES string of the molecule is NC(=O)c1c(OCc2c(F)cc3ccccc3c2F)nsc1NC(=O)NCCCCN1CCCC1. The molecule has 0 unspecified atom stereocenters. The number of rotatable bonds is 10. The number of carbonyl (C=O) groups excluding carboxylic acids is 2. The lowest BCUT2D eigenvalue weighted by atomic mass is 10.1. The zero-order valence-corrected chi connectivity index (χ0v) is 19.9. The van der Waals surface area contributed by atoms with Crippen LogP contribution >= 0.6 is 11.5 Å². The van der Waals surface area contributed by atoms with Gasteiger partial charge in [0.25, 0.3) is 5.91 Å². The molecule has 11 heteroatoms. The highest BCUT2D eigenvalue weighted by Gasteiger charge is 2.23. The number of nitrogens with zero attached hydrogens (tertiary/aromatic N) is 2. The molecular formula is C24H27F2N5O3S. The van der Waals surface area contributed by atoms with E-state index in [-0.39, 0.29) is 27.4 Å². The highest BCUT2D eigenvalue weighted by atomic mass is 32.1. The third kappa shape index (κ3) is 6.04. The number of likely N-dealkylation sites (tertiary alicyclic amines) is 1. The van der Waals surface area contributed by atoms with Crippen LogP contribution in [0.1, 0.15) is 41.6 Å². The second-order valence-electron chi connectivity index (χ2n) is 8.35. The number of primary amides is 1. The van der Waals surface area contributed by atoms with Crippen LogP contribution in [0.5, 0.6) is 5.88 Å². The van der Waals surface area contributed by atoms with Crippen LogP contribution in [-0.4, -0.2) is 47.4 Å². The lowest BCUT2D eigenvalue weighted by Crippen LogP contribution is -2.30. The second-order valence-corrected chi connectivity index (χ2v) is 9.13. The Labute approximate surface area is 205 Å². The van der Waals surface area contributed by atoms with Crippen LogP contribution in [0.3, 0.4) is 0 Å². The Hall–Kier alpha value is -3.31. The van der Waals surface area contributed by atoms with E-state index >= 15 is 0 Å².